The fourth-order valence-electron chi connectivity index (χ4n) is 1.80. The van der Waals surface area contributed by atoms with Gasteiger partial charge in [0.1, 0.15) is 0 Å². The van der Waals surface area contributed by atoms with Gasteiger partial charge in [0.25, 0.3) is 0 Å². The van der Waals surface area contributed by atoms with Crippen LogP contribution in [0.15, 0.2) is 30.5 Å². The van der Waals surface area contributed by atoms with Gasteiger partial charge >= 0.3 is 12.1 Å². The lowest BCUT2D eigenvalue weighted by molar-refractivity contribution is -0.138. The number of carboxylic acids is 1. The molecule has 2 rings (SSSR count). The molecular weight excluding hydrogens is 297 g/mol. The van der Waals surface area contributed by atoms with Crippen molar-refractivity contribution in [2.75, 3.05) is 0 Å². The molecule has 114 valence electrons. The molecule has 0 fully saturated rings. The Hall–Kier alpha value is -2.75. The SMILES string of the molecule is Cn1ncc(C#Cc2ccc(C(F)(F)F)cc2)c1CC(=O)O. The average Bonchev–Trinajstić information content (AvgIpc) is 2.76. The molecule has 0 atom stereocenters. The van der Waals surface area contributed by atoms with Gasteiger partial charge in [-0.1, -0.05) is 11.8 Å². The molecule has 0 amide bonds. The molecule has 0 aliphatic rings. The molecule has 0 aliphatic heterocycles. The molecule has 0 radical (unpaired) electrons. The Balaban J connectivity index is 2.26. The van der Waals surface area contributed by atoms with E-state index in [1.54, 1.807) is 7.05 Å². The standard InChI is InChI=1S/C15H11F3N2O2/c1-20-13(8-14(21)22)11(9-19-20)5-2-10-3-6-12(7-4-10)15(16,17)18/h3-4,6-7,9H,8H2,1H3,(H,21,22). The van der Waals surface area contributed by atoms with Gasteiger partial charge in [0.05, 0.1) is 29.4 Å². The number of hydrogen-bond acceptors (Lipinski definition) is 2. The Morgan fingerprint density at radius 3 is 2.45 bits per heavy atom. The minimum absolute atomic E-state index is 0.229. The first-order chi connectivity index (χ1) is 10.3. The molecule has 1 aromatic carbocycles. The van der Waals surface area contributed by atoms with Gasteiger partial charge in [-0.2, -0.15) is 18.3 Å². The van der Waals surface area contributed by atoms with Crippen molar-refractivity contribution in [3.63, 3.8) is 0 Å². The highest BCUT2D eigenvalue weighted by atomic mass is 19.4. The molecule has 0 aliphatic carbocycles. The number of nitrogens with zero attached hydrogens (tertiary/aromatic N) is 2. The van der Waals surface area contributed by atoms with Crippen LogP contribution in [0, 0.1) is 11.8 Å². The summed E-state index contributed by atoms with van der Waals surface area (Å²) in [5, 5.41) is 12.8. The lowest BCUT2D eigenvalue weighted by Crippen LogP contribution is -2.07. The van der Waals surface area contributed by atoms with Crippen LogP contribution < -0.4 is 0 Å². The summed E-state index contributed by atoms with van der Waals surface area (Å²) in [6, 6.07) is 4.43. The molecule has 0 bridgehead atoms. The van der Waals surface area contributed by atoms with E-state index in [4.69, 9.17) is 5.11 Å². The summed E-state index contributed by atoms with van der Waals surface area (Å²) in [6.07, 6.45) is -3.19. The maximum atomic E-state index is 12.4. The summed E-state index contributed by atoms with van der Waals surface area (Å²) >= 11 is 0. The number of rotatable bonds is 2. The van der Waals surface area contributed by atoms with Gasteiger partial charge in [0.2, 0.25) is 0 Å². The summed E-state index contributed by atoms with van der Waals surface area (Å²) in [5.74, 6) is 4.43. The number of alkyl halides is 3. The van der Waals surface area contributed by atoms with Crippen LogP contribution >= 0.6 is 0 Å². The average molecular weight is 308 g/mol. The second kappa shape index (κ2) is 5.93. The molecule has 0 spiro atoms. The van der Waals surface area contributed by atoms with E-state index in [1.807, 2.05) is 0 Å². The Bertz CT molecular complexity index is 750. The van der Waals surface area contributed by atoms with Crippen molar-refractivity contribution in [2.24, 2.45) is 7.05 Å². The van der Waals surface area contributed by atoms with Gasteiger partial charge in [0.15, 0.2) is 0 Å². The number of benzene rings is 1. The Labute approximate surface area is 124 Å². The van der Waals surface area contributed by atoms with Crippen LogP contribution in [0.4, 0.5) is 13.2 Å². The van der Waals surface area contributed by atoms with Crippen molar-refractivity contribution in [3.05, 3.63) is 52.8 Å². The smallest absolute Gasteiger partial charge is 0.416 e. The number of carbonyl (C=O) groups is 1. The van der Waals surface area contributed by atoms with Gasteiger partial charge in [-0.15, -0.1) is 0 Å². The molecule has 1 heterocycles. The lowest BCUT2D eigenvalue weighted by Gasteiger charge is -2.05. The van der Waals surface area contributed by atoms with Crippen molar-refractivity contribution in [3.8, 4) is 11.8 Å². The van der Waals surface area contributed by atoms with Crippen molar-refractivity contribution < 1.29 is 23.1 Å². The molecule has 2 aromatic rings. The van der Waals surface area contributed by atoms with Crippen molar-refractivity contribution >= 4 is 5.97 Å². The zero-order valence-electron chi connectivity index (χ0n) is 11.5. The van der Waals surface area contributed by atoms with Crippen LogP contribution in [-0.4, -0.2) is 20.9 Å². The fraction of sp³-hybridized carbons (Fsp3) is 0.200. The second-order valence-electron chi connectivity index (χ2n) is 4.52. The van der Waals surface area contributed by atoms with E-state index in [9.17, 15) is 18.0 Å². The third-order valence-corrected chi connectivity index (χ3v) is 2.93. The fourth-order valence-corrected chi connectivity index (χ4v) is 1.80. The summed E-state index contributed by atoms with van der Waals surface area (Å²) < 4.78 is 38.7. The first-order valence-corrected chi connectivity index (χ1v) is 6.19. The van der Waals surface area contributed by atoms with Gasteiger partial charge in [-0.05, 0) is 24.3 Å². The largest absolute Gasteiger partial charge is 0.481 e. The van der Waals surface area contributed by atoms with Crippen LogP contribution in [0.5, 0.6) is 0 Å². The normalized spacial score (nSPS) is 10.9. The lowest BCUT2D eigenvalue weighted by atomic mass is 10.1. The first kappa shape index (κ1) is 15.6. The number of halogens is 3. The maximum Gasteiger partial charge on any atom is 0.416 e. The van der Waals surface area contributed by atoms with E-state index in [0.29, 0.717) is 16.8 Å². The predicted molar refractivity (Wildman–Crippen MR) is 72.0 cm³/mol. The number of aryl methyl sites for hydroxylation is 1. The molecule has 22 heavy (non-hydrogen) atoms. The van der Waals surface area contributed by atoms with Gasteiger partial charge in [0, 0.05) is 12.6 Å². The summed E-state index contributed by atoms with van der Waals surface area (Å²) in [5.41, 5.74) is 0.529. The molecule has 1 N–H and O–H groups in total. The zero-order valence-corrected chi connectivity index (χ0v) is 11.5. The topological polar surface area (TPSA) is 55.1 Å². The van der Waals surface area contributed by atoms with Crippen molar-refractivity contribution in [1.29, 1.82) is 0 Å². The van der Waals surface area contributed by atoms with E-state index >= 15 is 0 Å². The third kappa shape index (κ3) is 3.67. The minimum Gasteiger partial charge on any atom is -0.481 e. The van der Waals surface area contributed by atoms with Crippen LogP contribution in [0.1, 0.15) is 22.4 Å². The van der Waals surface area contributed by atoms with Gasteiger partial charge in [-0.25, -0.2) is 0 Å². The van der Waals surface area contributed by atoms with Crippen LogP contribution in [0.2, 0.25) is 0 Å². The summed E-state index contributed by atoms with van der Waals surface area (Å²) in [4.78, 5) is 10.8. The zero-order chi connectivity index (χ0) is 16.3. The maximum absolute atomic E-state index is 12.4. The first-order valence-electron chi connectivity index (χ1n) is 6.19. The number of carboxylic acid groups (broad SMARTS) is 1. The van der Waals surface area contributed by atoms with Crippen molar-refractivity contribution in [2.45, 2.75) is 12.6 Å². The quantitative estimate of drug-likeness (QED) is 0.867. The Morgan fingerprint density at radius 2 is 1.91 bits per heavy atom. The molecule has 0 saturated carbocycles. The molecular formula is C15H11F3N2O2. The predicted octanol–water partition coefficient (Wildman–Crippen LogP) is 2.47. The van der Waals surface area contributed by atoms with E-state index in [-0.39, 0.29) is 6.42 Å². The van der Waals surface area contributed by atoms with Crippen molar-refractivity contribution in [1.82, 2.24) is 9.78 Å². The summed E-state index contributed by atoms with van der Waals surface area (Å²) in [6.45, 7) is 0. The molecule has 0 unspecified atom stereocenters. The highest BCUT2D eigenvalue weighted by Crippen LogP contribution is 2.28. The monoisotopic (exact) mass is 308 g/mol. The Kier molecular flexibility index (Phi) is 4.22. The van der Waals surface area contributed by atoms with Gasteiger partial charge < -0.3 is 5.11 Å². The number of aromatic nitrogens is 2. The Morgan fingerprint density at radius 1 is 1.27 bits per heavy atom. The van der Waals surface area contributed by atoms with E-state index in [1.165, 1.54) is 23.0 Å². The molecule has 7 heteroatoms. The second-order valence-corrected chi connectivity index (χ2v) is 4.52. The van der Waals surface area contributed by atoms with E-state index < -0.39 is 17.7 Å². The number of hydrogen-bond donors (Lipinski definition) is 1. The third-order valence-electron chi connectivity index (χ3n) is 2.93. The molecule has 1 aromatic heterocycles. The van der Waals surface area contributed by atoms with Crippen LogP contribution in [0.25, 0.3) is 0 Å². The van der Waals surface area contributed by atoms with E-state index in [2.05, 4.69) is 16.9 Å². The van der Waals surface area contributed by atoms with Crippen LogP contribution in [-0.2, 0) is 24.4 Å². The van der Waals surface area contributed by atoms with Crippen LogP contribution in [0.3, 0.4) is 0 Å². The summed E-state index contributed by atoms with van der Waals surface area (Å²) in [7, 11) is 1.60. The molecule has 0 saturated heterocycles. The minimum atomic E-state index is -4.38. The molecule has 4 nitrogen and oxygen atoms in total. The highest BCUT2D eigenvalue weighted by molar-refractivity contribution is 5.70. The van der Waals surface area contributed by atoms with E-state index in [0.717, 1.165) is 12.1 Å². The highest BCUT2D eigenvalue weighted by Gasteiger charge is 2.29. The van der Waals surface area contributed by atoms with Gasteiger partial charge in [-0.3, -0.25) is 9.48 Å². The number of aliphatic carboxylic acids is 1.